The predicted octanol–water partition coefficient (Wildman–Crippen LogP) is 4.60. The summed E-state index contributed by atoms with van der Waals surface area (Å²) in [5.41, 5.74) is -0.335. The van der Waals surface area contributed by atoms with Gasteiger partial charge in [-0.25, -0.2) is 9.07 Å². The Morgan fingerprint density at radius 2 is 1.89 bits per heavy atom. The smallest absolute Gasteiger partial charge is 0.427 e. The average Bonchev–Trinajstić information content (AvgIpc) is 3.35. The molecule has 1 aliphatic heterocycles. The number of aromatic nitrogens is 3. The van der Waals surface area contributed by atoms with E-state index in [4.69, 9.17) is 4.74 Å². The maximum atomic E-state index is 14.6. The lowest BCUT2D eigenvalue weighted by molar-refractivity contribution is -0.234. The van der Waals surface area contributed by atoms with Gasteiger partial charge in [0.2, 0.25) is 5.91 Å². The van der Waals surface area contributed by atoms with Gasteiger partial charge in [-0.1, -0.05) is 6.92 Å². The van der Waals surface area contributed by atoms with E-state index in [2.05, 4.69) is 15.4 Å². The number of amides is 1. The van der Waals surface area contributed by atoms with Gasteiger partial charge in [-0.15, -0.1) is 0 Å². The molecule has 1 aromatic carbocycles. The van der Waals surface area contributed by atoms with Crippen LogP contribution in [0.5, 0.6) is 5.75 Å². The molecule has 1 fully saturated rings. The van der Waals surface area contributed by atoms with Crippen molar-refractivity contribution in [2.45, 2.75) is 45.9 Å². The number of nitrogens with zero attached hydrogens (tertiary/aromatic N) is 3. The van der Waals surface area contributed by atoms with E-state index >= 15 is 0 Å². The van der Waals surface area contributed by atoms with Crippen LogP contribution in [0.15, 0.2) is 42.7 Å². The van der Waals surface area contributed by atoms with Gasteiger partial charge in [0.05, 0.1) is 29.7 Å². The third-order valence-corrected chi connectivity index (χ3v) is 6.37. The van der Waals surface area contributed by atoms with Crippen LogP contribution in [0.3, 0.4) is 0 Å². The summed E-state index contributed by atoms with van der Waals surface area (Å²) in [6.45, 7) is 5.46. The van der Waals surface area contributed by atoms with E-state index in [1.54, 1.807) is 25.3 Å². The highest BCUT2D eigenvalue weighted by molar-refractivity contribution is 5.92. The Kier molecular flexibility index (Phi) is 6.83. The van der Waals surface area contributed by atoms with Gasteiger partial charge in [-0.3, -0.25) is 14.6 Å². The molecule has 0 bridgehead atoms. The Hall–Kier alpha value is -3.76. The number of hydrogen-bond acceptors (Lipinski definition) is 5. The highest BCUT2D eigenvalue weighted by Crippen LogP contribution is 2.36. The Morgan fingerprint density at radius 1 is 1.16 bits per heavy atom. The zero-order valence-corrected chi connectivity index (χ0v) is 20.7. The molecule has 0 aliphatic carbocycles. The first-order valence-electron chi connectivity index (χ1n) is 11.6. The fraction of sp³-hybridized carbons (Fsp3) is 0.385. The lowest BCUT2D eigenvalue weighted by Crippen LogP contribution is -2.44. The third-order valence-electron chi connectivity index (χ3n) is 6.37. The van der Waals surface area contributed by atoms with Crippen molar-refractivity contribution < 1.29 is 31.9 Å². The molecule has 37 heavy (non-hydrogen) atoms. The van der Waals surface area contributed by atoms with Crippen molar-refractivity contribution in [3.63, 3.8) is 0 Å². The number of ketones is 1. The van der Waals surface area contributed by atoms with Gasteiger partial charge in [0.15, 0.2) is 5.60 Å². The average molecular weight is 519 g/mol. The number of benzene rings is 1. The molecule has 7 nitrogen and oxygen atoms in total. The van der Waals surface area contributed by atoms with Crippen molar-refractivity contribution in [1.29, 1.82) is 0 Å². The Balaban J connectivity index is 1.75. The fourth-order valence-electron chi connectivity index (χ4n) is 4.13. The molecule has 1 saturated heterocycles. The Labute approximate surface area is 210 Å². The van der Waals surface area contributed by atoms with E-state index < -0.39 is 29.4 Å². The molecular formula is C26H26F4N4O3. The van der Waals surface area contributed by atoms with E-state index in [1.165, 1.54) is 16.9 Å². The van der Waals surface area contributed by atoms with Crippen LogP contribution in [0.25, 0.3) is 16.9 Å². The Bertz CT molecular complexity index is 1350. The van der Waals surface area contributed by atoms with Gasteiger partial charge < -0.3 is 10.1 Å². The first kappa shape index (κ1) is 26.3. The second-order valence-electron chi connectivity index (χ2n) is 9.72. The standard InChI is InChI=1S/C26H26F4N4O3/c1-14-5-19(12-31-11-14)34-22(9-18(33-34)10-23(35)21-13-32-24(36)15(21)2)16-6-17(27)8-20(7-16)37-25(3,4)26(28,29)30/h5-9,11-12,15,21H,10,13H2,1-4H3,(H,32,36)/t15-,21+/m1/s1. The molecular weight excluding hydrogens is 492 g/mol. The lowest BCUT2D eigenvalue weighted by atomic mass is 9.91. The van der Waals surface area contributed by atoms with Crippen LogP contribution >= 0.6 is 0 Å². The van der Waals surface area contributed by atoms with Gasteiger partial charge >= 0.3 is 6.18 Å². The highest BCUT2D eigenvalue weighted by Gasteiger charge is 2.50. The van der Waals surface area contributed by atoms with Crippen LogP contribution in [-0.2, 0) is 16.0 Å². The SMILES string of the molecule is Cc1cncc(-n2nc(CC(=O)[C@H]3CNC(=O)[C@@H]3C)cc2-c2cc(F)cc(OC(C)(C)C(F)(F)F)c2)c1. The summed E-state index contributed by atoms with van der Waals surface area (Å²) in [5, 5.41) is 7.21. The van der Waals surface area contributed by atoms with Gasteiger partial charge in [0.25, 0.3) is 0 Å². The van der Waals surface area contributed by atoms with E-state index in [1.807, 2.05) is 6.92 Å². The number of halogens is 4. The molecule has 0 radical (unpaired) electrons. The first-order chi connectivity index (χ1) is 17.2. The van der Waals surface area contributed by atoms with Crippen molar-refractivity contribution in [2.24, 2.45) is 11.8 Å². The molecule has 1 aliphatic rings. The van der Waals surface area contributed by atoms with Crippen LogP contribution in [0, 0.1) is 24.6 Å². The number of hydrogen-bond donors (Lipinski definition) is 1. The number of carbonyl (C=O) groups excluding carboxylic acids is 2. The summed E-state index contributed by atoms with van der Waals surface area (Å²) >= 11 is 0. The van der Waals surface area contributed by atoms with E-state index in [-0.39, 0.29) is 36.0 Å². The summed E-state index contributed by atoms with van der Waals surface area (Å²) in [6.07, 6.45) is -1.60. The minimum absolute atomic E-state index is 0.0804. The number of Topliss-reactive ketones (excluding diaryl/α,β-unsaturated/α-hetero) is 1. The highest BCUT2D eigenvalue weighted by atomic mass is 19.4. The van der Waals surface area contributed by atoms with Crippen LogP contribution in [0.2, 0.25) is 0 Å². The molecule has 2 aromatic heterocycles. The number of alkyl halides is 3. The molecule has 3 heterocycles. The molecule has 1 N–H and O–H groups in total. The van der Waals surface area contributed by atoms with Crippen molar-refractivity contribution >= 4 is 11.7 Å². The van der Waals surface area contributed by atoms with Gasteiger partial charge in [0.1, 0.15) is 17.3 Å². The van der Waals surface area contributed by atoms with Crippen LogP contribution in [-0.4, -0.2) is 44.8 Å². The van der Waals surface area contributed by atoms with Gasteiger partial charge in [-0.2, -0.15) is 18.3 Å². The van der Waals surface area contributed by atoms with Crippen LogP contribution in [0.1, 0.15) is 32.0 Å². The van der Waals surface area contributed by atoms with Gasteiger partial charge in [0, 0.05) is 36.2 Å². The third kappa shape index (κ3) is 5.50. The number of carbonyl (C=O) groups is 2. The largest absolute Gasteiger partial charge is 0.478 e. The van der Waals surface area contributed by atoms with Crippen molar-refractivity contribution in [3.8, 4) is 22.7 Å². The second-order valence-corrected chi connectivity index (χ2v) is 9.72. The minimum atomic E-state index is -4.68. The molecule has 0 saturated carbocycles. The van der Waals surface area contributed by atoms with E-state index in [9.17, 15) is 27.2 Å². The maximum absolute atomic E-state index is 14.6. The zero-order chi connectivity index (χ0) is 27.1. The quantitative estimate of drug-likeness (QED) is 0.463. The minimum Gasteiger partial charge on any atom is -0.478 e. The monoisotopic (exact) mass is 518 g/mol. The van der Waals surface area contributed by atoms with Crippen LogP contribution < -0.4 is 10.1 Å². The summed E-state index contributed by atoms with van der Waals surface area (Å²) < 4.78 is 61.3. The summed E-state index contributed by atoms with van der Waals surface area (Å²) in [4.78, 5) is 28.9. The second kappa shape index (κ2) is 9.60. The molecule has 196 valence electrons. The molecule has 3 aromatic rings. The van der Waals surface area contributed by atoms with Crippen molar-refractivity contribution in [2.75, 3.05) is 6.54 Å². The molecule has 11 heteroatoms. The number of ether oxygens (including phenoxy) is 1. The summed E-state index contributed by atoms with van der Waals surface area (Å²) in [5.74, 6) is -2.45. The summed E-state index contributed by atoms with van der Waals surface area (Å²) in [6, 6.07) is 6.67. The topological polar surface area (TPSA) is 86.1 Å². The number of rotatable bonds is 7. The number of aryl methyl sites for hydroxylation is 1. The molecule has 1 amide bonds. The first-order valence-corrected chi connectivity index (χ1v) is 11.6. The molecule has 4 rings (SSSR count). The maximum Gasteiger partial charge on any atom is 0.427 e. The number of nitrogens with one attached hydrogen (secondary N) is 1. The van der Waals surface area contributed by atoms with Gasteiger partial charge in [-0.05, 0) is 50.6 Å². The number of pyridine rings is 1. The Morgan fingerprint density at radius 3 is 2.51 bits per heavy atom. The normalized spacial score (nSPS) is 18.1. The van der Waals surface area contributed by atoms with Crippen LogP contribution in [0.4, 0.5) is 17.6 Å². The van der Waals surface area contributed by atoms with Crippen molar-refractivity contribution in [1.82, 2.24) is 20.1 Å². The lowest BCUT2D eigenvalue weighted by Gasteiger charge is -2.29. The molecule has 0 unspecified atom stereocenters. The van der Waals surface area contributed by atoms with E-state index in [0.29, 0.717) is 17.1 Å². The van der Waals surface area contributed by atoms with Crippen molar-refractivity contribution in [3.05, 3.63) is 59.8 Å². The fourth-order valence-corrected chi connectivity index (χ4v) is 4.13. The molecule has 0 spiro atoms. The molecule has 2 atom stereocenters. The summed E-state index contributed by atoms with van der Waals surface area (Å²) in [7, 11) is 0. The van der Waals surface area contributed by atoms with E-state index in [0.717, 1.165) is 31.5 Å². The predicted molar refractivity (Wildman–Crippen MR) is 127 cm³/mol. The zero-order valence-electron chi connectivity index (χ0n) is 20.7.